The smallest absolute Gasteiger partial charge is 0.260 e. The number of likely N-dealkylation sites (tertiary alicyclic amines) is 1. The first-order chi connectivity index (χ1) is 13.1. The van der Waals surface area contributed by atoms with Gasteiger partial charge in [-0.2, -0.15) is 0 Å². The molecule has 4 aliphatic heterocycles. The molecule has 0 unspecified atom stereocenters. The van der Waals surface area contributed by atoms with Gasteiger partial charge in [0.05, 0.1) is 6.04 Å². The number of nitrogens with zero attached hydrogens (tertiary/aromatic N) is 2. The van der Waals surface area contributed by atoms with Crippen molar-refractivity contribution < 1.29 is 4.79 Å². The fourth-order valence-corrected chi connectivity index (χ4v) is 5.51. The summed E-state index contributed by atoms with van der Waals surface area (Å²) < 4.78 is 0. The van der Waals surface area contributed by atoms with E-state index in [0.717, 1.165) is 25.9 Å². The maximum Gasteiger partial charge on any atom is 0.260 e. The van der Waals surface area contributed by atoms with Gasteiger partial charge in [0.15, 0.2) is 0 Å². The van der Waals surface area contributed by atoms with Gasteiger partial charge in [-0.25, -0.2) is 0 Å². The predicted octanol–water partition coefficient (Wildman–Crippen LogP) is 2.39. The number of nitrogens with one attached hydrogen (secondary N) is 1. The number of rotatable bonds is 2. The standard InChI is InChI=1S/C22H25N3O2/c1-14-4-6-15(7-5-14)18-13-25(22(27)17-3-2-10-23-21(17)26)19-16-8-11-24(12-9-16)20(18)19/h2-7,10,16,18-20H,8-9,11-13H2,1H3,(H,23,26)/t18-,19-,20-/m0/s1. The molecule has 5 heteroatoms. The van der Waals surface area contributed by atoms with Crippen molar-refractivity contribution in [2.24, 2.45) is 5.92 Å². The van der Waals surface area contributed by atoms with E-state index in [9.17, 15) is 9.59 Å². The minimum Gasteiger partial charge on any atom is -0.333 e. The quantitative estimate of drug-likeness (QED) is 0.891. The average molecular weight is 363 g/mol. The number of aromatic nitrogens is 1. The van der Waals surface area contributed by atoms with Gasteiger partial charge in [0.1, 0.15) is 5.56 Å². The number of pyridine rings is 1. The fourth-order valence-electron chi connectivity index (χ4n) is 5.51. The van der Waals surface area contributed by atoms with Crippen LogP contribution in [0.4, 0.5) is 0 Å². The average Bonchev–Trinajstić information content (AvgIpc) is 3.12. The number of fused-ring (bicyclic) bond motifs is 2. The highest BCUT2D eigenvalue weighted by Gasteiger charge is 2.54. The lowest BCUT2D eigenvalue weighted by Crippen LogP contribution is -2.60. The number of hydrogen-bond donors (Lipinski definition) is 1. The molecule has 0 saturated carbocycles. The molecule has 27 heavy (non-hydrogen) atoms. The molecule has 3 atom stereocenters. The molecule has 1 aromatic heterocycles. The van der Waals surface area contributed by atoms with Crippen LogP contribution in [0.3, 0.4) is 0 Å². The third kappa shape index (κ3) is 2.64. The Bertz CT molecular complexity index is 912. The first-order valence-corrected chi connectivity index (χ1v) is 9.93. The van der Waals surface area contributed by atoms with Gasteiger partial charge < -0.3 is 9.88 Å². The summed E-state index contributed by atoms with van der Waals surface area (Å²) in [6.07, 6.45) is 3.88. The minimum atomic E-state index is -0.292. The highest BCUT2D eigenvalue weighted by atomic mass is 16.2. The van der Waals surface area contributed by atoms with Crippen LogP contribution in [0.15, 0.2) is 47.4 Å². The summed E-state index contributed by atoms with van der Waals surface area (Å²) >= 11 is 0. The van der Waals surface area contributed by atoms with Gasteiger partial charge in [0.2, 0.25) is 0 Å². The van der Waals surface area contributed by atoms with Gasteiger partial charge in [-0.3, -0.25) is 14.5 Å². The molecule has 5 nitrogen and oxygen atoms in total. The van der Waals surface area contributed by atoms with Crippen LogP contribution in [-0.4, -0.2) is 52.4 Å². The molecule has 0 aliphatic carbocycles. The summed E-state index contributed by atoms with van der Waals surface area (Å²) in [6.45, 7) is 5.05. The van der Waals surface area contributed by atoms with Crippen molar-refractivity contribution in [1.29, 1.82) is 0 Å². The number of carbonyl (C=O) groups excluding carboxylic acids is 1. The normalized spacial score (nSPS) is 31.7. The lowest BCUT2D eigenvalue weighted by Gasteiger charge is -2.51. The molecular weight excluding hydrogens is 338 g/mol. The highest BCUT2D eigenvalue weighted by molar-refractivity contribution is 5.94. The van der Waals surface area contributed by atoms with E-state index < -0.39 is 0 Å². The van der Waals surface area contributed by atoms with Crippen LogP contribution >= 0.6 is 0 Å². The molecule has 0 radical (unpaired) electrons. The van der Waals surface area contributed by atoms with E-state index in [4.69, 9.17) is 0 Å². The molecule has 1 amide bonds. The largest absolute Gasteiger partial charge is 0.333 e. The Morgan fingerprint density at radius 1 is 1.07 bits per heavy atom. The fraction of sp³-hybridized carbons (Fsp3) is 0.455. The maximum atomic E-state index is 13.3. The summed E-state index contributed by atoms with van der Waals surface area (Å²) in [7, 11) is 0. The first kappa shape index (κ1) is 16.8. The second kappa shape index (κ2) is 6.34. The molecule has 1 aromatic carbocycles. The molecular formula is C22H25N3O2. The van der Waals surface area contributed by atoms with Gasteiger partial charge in [0.25, 0.3) is 11.5 Å². The van der Waals surface area contributed by atoms with Crippen LogP contribution < -0.4 is 5.56 Å². The predicted molar refractivity (Wildman–Crippen MR) is 104 cm³/mol. The van der Waals surface area contributed by atoms with Gasteiger partial charge in [-0.05, 0) is 56.5 Å². The summed E-state index contributed by atoms with van der Waals surface area (Å²) in [5.41, 5.74) is 2.53. The van der Waals surface area contributed by atoms with Crippen LogP contribution in [-0.2, 0) is 0 Å². The van der Waals surface area contributed by atoms with Gasteiger partial charge >= 0.3 is 0 Å². The number of carbonyl (C=O) groups is 1. The van der Waals surface area contributed by atoms with E-state index in [1.807, 2.05) is 4.90 Å². The summed E-state index contributed by atoms with van der Waals surface area (Å²) in [5, 5.41) is 0. The van der Waals surface area contributed by atoms with Crippen molar-refractivity contribution in [2.75, 3.05) is 19.6 Å². The lowest BCUT2D eigenvalue weighted by atomic mass is 9.75. The number of hydrogen-bond acceptors (Lipinski definition) is 3. The van der Waals surface area contributed by atoms with Crippen LogP contribution in [0.1, 0.15) is 40.2 Å². The summed E-state index contributed by atoms with van der Waals surface area (Å²) in [6, 6.07) is 12.7. The summed E-state index contributed by atoms with van der Waals surface area (Å²) in [4.78, 5) is 32.8. The number of aromatic amines is 1. The molecule has 4 aliphatic rings. The van der Waals surface area contributed by atoms with Crippen LogP contribution in [0, 0.1) is 12.8 Å². The van der Waals surface area contributed by atoms with E-state index in [0.29, 0.717) is 24.4 Å². The van der Waals surface area contributed by atoms with Crippen molar-refractivity contribution in [3.8, 4) is 0 Å². The van der Waals surface area contributed by atoms with Crippen molar-refractivity contribution in [1.82, 2.24) is 14.8 Å². The number of H-pyrrole nitrogens is 1. The lowest BCUT2D eigenvalue weighted by molar-refractivity contribution is -0.00346. The van der Waals surface area contributed by atoms with Crippen LogP contribution in [0.5, 0.6) is 0 Å². The summed E-state index contributed by atoms with van der Waals surface area (Å²) in [5.74, 6) is 0.739. The molecule has 0 spiro atoms. The second-order valence-electron chi connectivity index (χ2n) is 8.24. The molecule has 140 valence electrons. The van der Waals surface area contributed by atoms with Gasteiger partial charge in [-0.15, -0.1) is 0 Å². The first-order valence-electron chi connectivity index (χ1n) is 9.93. The topological polar surface area (TPSA) is 56.4 Å². The number of amides is 1. The molecule has 4 saturated heterocycles. The Labute approximate surface area is 159 Å². The zero-order valence-electron chi connectivity index (χ0n) is 15.6. The van der Waals surface area contributed by atoms with E-state index >= 15 is 0 Å². The van der Waals surface area contributed by atoms with E-state index in [1.54, 1.807) is 18.3 Å². The van der Waals surface area contributed by atoms with E-state index in [1.165, 1.54) is 11.1 Å². The number of benzene rings is 1. The Morgan fingerprint density at radius 2 is 1.81 bits per heavy atom. The third-order valence-corrected chi connectivity index (χ3v) is 6.81. The molecule has 2 aromatic rings. The number of piperidine rings is 3. The van der Waals surface area contributed by atoms with Crippen LogP contribution in [0.2, 0.25) is 0 Å². The monoisotopic (exact) mass is 363 g/mol. The van der Waals surface area contributed by atoms with Crippen molar-refractivity contribution in [2.45, 2.75) is 37.8 Å². The Kier molecular flexibility index (Phi) is 3.93. The van der Waals surface area contributed by atoms with Crippen LogP contribution in [0.25, 0.3) is 0 Å². The molecule has 4 fully saturated rings. The SMILES string of the molecule is Cc1ccc([C@@H]2CN(C(=O)c3ccc[nH]c3=O)[C@H]3C4CCN(CC4)[C@@H]23)cc1. The van der Waals surface area contributed by atoms with E-state index in [-0.39, 0.29) is 23.1 Å². The molecule has 1 N–H and O–H groups in total. The highest BCUT2D eigenvalue weighted by Crippen LogP contribution is 2.46. The number of aryl methyl sites for hydroxylation is 1. The maximum absolute atomic E-state index is 13.3. The third-order valence-electron chi connectivity index (χ3n) is 6.81. The Morgan fingerprint density at radius 3 is 2.52 bits per heavy atom. The van der Waals surface area contributed by atoms with Crippen molar-refractivity contribution >= 4 is 5.91 Å². The molecule has 6 rings (SSSR count). The van der Waals surface area contributed by atoms with Gasteiger partial charge in [0, 0.05) is 24.7 Å². The molecule has 2 bridgehead atoms. The zero-order chi connectivity index (χ0) is 18.5. The second-order valence-corrected chi connectivity index (χ2v) is 8.24. The van der Waals surface area contributed by atoms with Crippen molar-refractivity contribution in [3.63, 3.8) is 0 Å². The minimum absolute atomic E-state index is 0.116. The van der Waals surface area contributed by atoms with E-state index in [2.05, 4.69) is 41.1 Å². The van der Waals surface area contributed by atoms with Crippen molar-refractivity contribution in [3.05, 3.63) is 69.6 Å². The Balaban J connectivity index is 1.54. The molecule has 5 heterocycles. The van der Waals surface area contributed by atoms with Gasteiger partial charge in [-0.1, -0.05) is 29.8 Å². The zero-order valence-corrected chi connectivity index (χ0v) is 15.6. The Hall–Kier alpha value is -2.40.